The summed E-state index contributed by atoms with van der Waals surface area (Å²) in [6.07, 6.45) is 0.551. The van der Waals surface area contributed by atoms with Gasteiger partial charge in [-0.2, -0.15) is 4.98 Å². The number of thiophene rings is 1. The summed E-state index contributed by atoms with van der Waals surface area (Å²) in [5.41, 5.74) is 0. The lowest BCUT2D eigenvalue weighted by molar-refractivity contribution is 0.111. The van der Waals surface area contributed by atoms with Crippen molar-refractivity contribution in [1.82, 2.24) is 10.1 Å². The average molecular weight is 259 g/mol. The van der Waals surface area contributed by atoms with Crippen LogP contribution in [0.4, 0.5) is 0 Å². The Morgan fingerprint density at radius 3 is 2.92 bits per heavy atom. The van der Waals surface area contributed by atoms with E-state index >= 15 is 0 Å². The molecular formula is C7H3BrN2O2S. The highest BCUT2D eigenvalue weighted by Gasteiger charge is 2.09. The van der Waals surface area contributed by atoms with Crippen LogP contribution in [0.5, 0.6) is 0 Å². The maximum Gasteiger partial charge on any atom is 0.268 e. The molecule has 0 bridgehead atoms. The lowest BCUT2D eigenvalue weighted by atomic mass is 10.5. The van der Waals surface area contributed by atoms with Gasteiger partial charge < -0.3 is 4.52 Å². The average Bonchev–Trinajstić information content (AvgIpc) is 2.71. The molecule has 0 atom stereocenters. The number of hydrogen-bond donors (Lipinski definition) is 0. The summed E-state index contributed by atoms with van der Waals surface area (Å²) >= 11 is 4.78. The van der Waals surface area contributed by atoms with Gasteiger partial charge in [0, 0.05) is 0 Å². The molecule has 0 unspecified atom stereocenters. The molecule has 0 fully saturated rings. The van der Waals surface area contributed by atoms with Gasteiger partial charge in [0.05, 0.1) is 8.66 Å². The van der Waals surface area contributed by atoms with Crippen molar-refractivity contribution in [2.45, 2.75) is 0 Å². The van der Waals surface area contributed by atoms with Crippen molar-refractivity contribution in [3.8, 4) is 10.8 Å². The molecule has 2 heterocycles. The van der Waals surface area contributed by atoms with E-state index in [1.807, 2.05) is 12.1 Å². The summed E-state index contributed by atoms with van der Waals surface area (Å²) < 4.78 is 5.83. The number of carbonyl (C=O) groups excluding carboxylic acids is 1. The SMILES string of the molecule is O=Cc1noc(-c2ccc(Br)s2)n1. The Balaban J connectivity index is 2.40. The third kappa shape index (κ3) is 1.68. The maximum absolute atomic E-state index is 10.3. The number of aldehydes is 1. The predicted molar refractivity (Wildman–Crippen MR) is 50.7 cm³/mol. The lowest BCUT2D eigenvalue weighted by Crippen LogP contribution is -1.80. The van der Waals surface area contributed by atoms with Gasteiger partial charge in [0.1, 0.15) is 0 Å². The first-order valence-electron chi connectivity index (χ1n) is 3.34. The Hall–Kier alpha value is -1.01. The molecule has 2 rings (SSSR count). The highest BCUT2D eigenvalue weighted by atomic mass is 79.9. The number of nitrogens with zero attached hydrogens (tertiary/aromatic N) is 2. The monoisotopic (exact) mass is 258 g/mol. The van der Waals surface area contributed by atoms with Crippen LogP contribution in [0.2, 0.25) is 0 Å². The number of hydrogen-bond acceptors (Lipinski definition) is 5. The second-order valence-electron chi connectivity index (χ2n) is 2.18. The second-order valence-corrected chi connectivity index (χ2v) is 4.64. The van der Waals surface area contributed by atoms with Gasteiger partial charge in [-0.25, -0.2) is 0 Å². The first-order chi connectivity index (χ1) is 6.29. The van der Waals surface area contributed by atoms with Crippen molar-refractivity contribution >= 4 is 33.6 Å². The van der Waals surface area contributed by atoms with Crippen LogP contribution in [0.3, 0.4) is 0 Å². The molecule has 0 spiro atoms. The van der Waals surface area contributed by atoms with Crippen molar-refractivity contribution in [3.63, 3.8) is 0 Å². The molecule has 0 aliphatic heterocycles. The van der Waals surface area contributed by atoms with Gasteiger partial charge in [-0.3, -0.25) is 4.79 Å². The zero-order valence-corrected chi connectivity index (χ0v) is 8.63. The molecule has 0 amide bonds. The molecule has 2 aromatic rings. The minimum Gasteiger partial charge on any atom is -0.333 e. The fraction of sp³-hybridized carbons (Fsp3) is 0. The van der Waals surface area contributed by atoms with E-state index in [1.54, 1.807) is 0 Å². The summed E-state index contributed by atoms with van der Waals surface area (Å²) in [6, 6.07) is 3.72. The van der Waals surface area contributed by atoms with Crippen molar-refractivity contribution in [2.75, 3.05) is 0 Å². The Morgan fingerprint density at radius 1 is 1.54 bits per heavy atom. The van der Waals surface area contributed by atoms with Crippen molar-refractivity contribution in [3.05, 3.63) is 21.7 Å². The molecule has 0 N–H and O–H groups in total. The zero-order valence-electron chi connectivity index (χ0n) is 6.23. The summed E-state index contributed by atoms with van der Waals surface area (Å²) in [7, 11) is 0. The topological polar surface area (TPSA) is 56.0 Å². The van der Waals surface area contributed by atoms with Crippen molar-refractivity contribution < 1.29 is 9.32 Å². The smallest absolute Gasteiger partial charge is 0.268 e. The quantitative estimate of drug-likeness (QED) is 0.777. The molecule has 0 radical (unpaired) electrons. The Bertz CT molecular complexity index is 437. The normalized spacial score (nSPS) is 10.2. The minimum absolute atomic E-state index is 0.0690. The van der Waals surface area contributed by atoms with Gasteiger partial charge in [0.25, 0.3) is 5.89 Å². The van der Waals surface area contributed by atoms with E-state index in [2.05, 4.69) is 26.1 Å². The molecule has 0 aromatic carbocycles. The van der Waals surface area contributed by atoms with Crippen LogP contribution in [0.25, 0.3) is 10.8 Å². The van der Waals surface area contributed by atoms with E-state index in [-0.39, 0.29) is 5.82 Å². The summed E-state index contributed by atoms with van der Waals surface area (Å²) in [4.78, 5) is 15.0. The molecule has 0 saturated carbocycles. The third-order valence-corrected chi connectivity index (χ3v) is 2.94. The van der Waals surface area contributed by atoms with E-state index in [4.69, 9.17) is 4.52 Å². The van der Waals surface area contributed by atoms with Crippen molar-refractivity contribution in [2.24, 2.45) is 0 Å². The fourth-order valence-electron chi connectivity index (χ4n) is 0.812. The molecule has 0 aliphatic carbocycles. The molecule has 2 aromatic heterocycles. The van der Waals surface area contributed by atoms with Gasteiger partial charge in [0.15, 0.2) is 6.29 Å². The van der Waals surface area contributed by atoms with Crippen LogP contribution in [0, 0.1) is 0 Å². The maximum atomic E-state index is 10.3. The highest BCUT2D eigenvalue weighted by molar-refractivity contribution is 9.11. The third-order valence-electron chi connectivity index (χ3n) is 1.33. The van der Waals surface area contributed by atoms with Gasteiger partial charge in [-0.1, -0.05) is 5.16 Å². The summed E-state index contributed by atoms with van der Waals surface area (Å²) in [5, 5.41) is 3.46. The Morgan fingerprint density at radius 2 is 2.38 bits per heavy atom. The minimum atomic E-state index is 0.0690. The van der Waals surface area contributed by atoms with E-state index in [1.165, 1.54) is 11.3 Å². The van der Waals surface area contributed by atoms with Crippen LogP contribution in [0.1, 0.15) is 10.6 Å². The molecular weight excluding hydrogens is 256 g/mol. The molecule has 0 aliphatic rings. The molecule has 13 heavy (non-hydrogen) atoms. The highest BCUT2D eigenvalue weighted by Crippen LogP contribution is 2.29. The van der Waals surface area contributed by atoms with Crippen LogP contribution >= 0.6 is 27.3 Å². The first kappa shape index (κ1) is 8.58. The molecule has 4 nitrogen and oxygen atoms in total. The zero-order chi connectivity index (χ0) is 9.26. The number of aromatic nitrogens is 2. The Labute approximate surface area is 85.7 Å². The van der Waals surface area contributed by atoms with E-state index < -0.39 is 0 Å². The second kappa shape index (κ2) is 3.39. The summed E-state index contributed by atoms with van der Waals surface area (Å²) in [5.74, 6) is 0.442. The van der Waals surface area contributed by atoms with Gasteiger partial charge in [-0.05, 0) is 28.1 Å². The van der Waals surface area contributed by atoms with Crippen molar-refractivity contribution in [1.29, 1.82) is 0 Å². The number of halogens is 1. The van der Waals surface area contributed by atoms with Crippen LogP contribution in [0.15, 0.2) is 20.4 Å². The largest absolute Gasteiger partial charge is 0.333 e. The fourth-order valence-corrected chi connectivity index (χ4v) is 2.12. The van der Waals surface area contributed by atoms with E-state index in [9.17, 15) is 4.79 Å². The number of carbonyl (C=O) groups is 1. The molecule has 66 valence electrons. The predicted octanol–water partition coefficient (Wildman–Crippen LogP) is 2.37. The van der Waals surface area contributed by atoms with Crippen LogP contribution in [-0.4, -0.2) is 16.4 Å². The van der Waals surface area contributed by atoms with Gasteiger partial charge in [0.2, 0.25) is 5.82 Å². The van der Waals surface area contributed by atoms with E-state index in [0.29, 0.717) is 12.2 Å². The van der Waals surface area contributed by atoms with Gasteiger partial charge in [-0.15, -0.1) is 11.3 Å². The van der Waals surface area contributed by atoms with Crippen LogP contribution < -0.4 is 0 Å². The summed E-state index contributed by atoms with van der Waals surface area (Å²) in [6.45, 7) is 0. The standard InChI is InChI=1S/C7H3BrN2O2S/c8-5-2-1-4(13-5)7-9-6(3-11)10-12-7/h1-3H. The number of rotatable bonds is 2. The lowest BCUT2D eigenvalue weighted by Gasteiger charge is -1.81. The van der Waals surface area contributed by atoms with Gasteiger partial charge >= 0.3 is 0 Å². The molecule has 6 heteroatoms. The Kier molecular flexibility index (Phi) is 2.24. The van der Waals surface area contributed by atoms with Crippen LogP contribution in [-0.2, 0) is 0 Å². The van der Waals surface area contributed by atoms with E-state index in [0.717, 1.165) is 8.66 Å². The molecule has 0 saturated heterocycles. The first-order valence-corrected chi connectivity index (χ1v) is 4.95.